The average Bonchev–Trinajstić information content (AvgIpc) is 2.94. The largest absolute Gasteiger partial charge is 0.360 e. The monoisotopic (exact) mass is 314 g/mol. The highest BCUT2D eigenvalue weighted by atomic mass is 16.5. The van der Waals surface area contributed by atoms with E-state index in [4.69, 9.17) is 4.52 Å². The standard InChI is InChI=1S/C17H22N4O2/c1-11-8-21(9-13-3-2-6-18-13)10-15(11)19-17(22)14-7-16(23-20-14)12-4-5-12/h3,6-7,11-12,15H,2,4-5,8-10H2,1H3,(H,19,22)/t11-,15+/m0/s1. The summed E-state index contributed by atoms with van der Waals surface area (Å²) in [6.07, 6.45) is 7.32. The van der Waals surface area contributed by atoms with E-state index in [9.17, 15) is 4.79 Å². The Morgan fingerprint density at radius 3 is 3.04 bits per heavy atom. The molecule has 1 aliphatic carbocycles. The lowest BCUT2D eigenvalue weighted by Gasteiger charge is -2.16. The third-order valence-electron chi connectivity index (χ3n) is 4.85. The van der Waals surface area contributed by atoms with Gasteiger partial charge in [0.05, 0.1) is 5.70 Å². The van der Waals surface area contributed by atoms with E-state index in [-0.39, 0.29) is 11.9 Å². The van der Waals surface area contributed by atoms with Crippen molar-refractivity contribution in [2.24, 2.45) is 10.9 Å². The van der Waals surface area contributed by atoms with Gasteiger partial charge in [-0.3, -0.25) is 14.7 Å². The minimum Gasteiger partial charge on any atom is -0.360 e. The zero-order valence-corrected chi connectivity index (χ0v) is 13.4. The first kappa shape index (κ1) is 14.6. The molecule has 23 heavy (non-hydrogen) atoms. The van der Waals surface area contributed by atoms with Gasteiger partial charge in [0.2, 0.25) is 0 Å². The summed E-state index contributed by atoms with van der Waals surface area (Å²) < 4.78 is 5.27. The fraction of sp³-hybridized carbons (Fsp3) is 0.588. The first-order valence-electron chi connectivity index (χ1n) is 8.40. The predicted molar refractivity (Wildman–Crippen MR) is 86.5 cm³/mol. The molecule has 0 bridgehead atoms. The van der Waals surface area contributed by atoms with Crippen molar-refractivity contribution in [2.75, 3.05) is 19.6 Å². The Labute approximate surface area is 135 Å². The lowest BCUT2D eigenvalue weighted by molar-refractivity contribution is 0.0922. The quantitative estimate of drug-likeness (QED) is 0.902. The number of hydrogen-bond donors (Lipinski definition) is 1. The summed E-state index contributed by atoms with van der Waals surface area (Å²) in [6, 6.07) is 1.94. The van der Waals surface area contributed by atoms with Gasteiger partial charge in [-0.05, 0) is 18.8 Å². The summed E-state index contributed by atoms with van der Waals surface area (Å²) in [4.78, 5) is 19.1. The van der Waals surface area contributed by atoms with E-state index in [1.807, 2.05) is 6.21 Å². The van der Waals surface area contributed by atoms with Crippen molar-refractivity contribution in [1.82, 2.24) is 15.4 Å². The second-order valence-corrected chi connectivity index (χ2v) is 6.88. The Balaban J connectivity index is 1.34. The Morgan fingerprint density at radius 1 is 1.43 bits per heavy atom. The zero-order chi connectivity index (χ0) is 15.8. The fourth-order valence-corrected chi connectivity index (χ4v) is 3.33. The van der Waals surface area contributed by atoms with Gasteiger partial charge < -0.3 is 9.84 Å². The number of nitrogens with zero attached hydrogens (tertiary/aromatic N) is 3. The average molecular weight is 314 g/mol. The maximum absolute atomic E-state index is 12.4. The number of likely N-dealkylation sites (tertiary alicyclic amines) is 1. The minimum absolute atomic E-state index is 0.127. The summed E-state index contributed by atoms with van der Waals surface area (Å²) in [5, 5.41) is 7.03. The van der Waals surface area contributed by atoms with Crippen LogP contribution in [0.1, 0.15) is 48.4 Å². The van der Waals surface area contributed by atoms with Crippen molar-refractivity contribution < 1.29 is 9.32 Å². The van der Waals surface area contributed by atoms with Crippen molar-refractivity contribution in [3.63, 3.8) is 0 Å². The molecule has 1 aromatic heterocycles. The lowest BCUT2D eigenvalue weighted by Crippen LogP contribution is -2.40. The maximum atomic E-state index is 12.4. The second-order valence-electron chi connectivity index (χ2n) is 6.88. The topological polar surface area (TPSA) is 70.7 Å². The summed E-state index contributed by atoms with van der Waals surface area (Å²) in [5.74, 6) is 1.62. The van der Waals surface area contributed by atoms with E-state index >= 15 is 0 Å². The van der Waals surface area contributed by atoms with Crippen molar-refractivity contribution in [2.45, 2.75) is 38.1 Å². The van der Waals surface area contributed by atoms with E-state index in [1.54, 1.807) is 6.07 Å². The molecule has 1 aromatic rings. The van der Waals surface area contributed by atoms with Crippen LogP contribution in [0.25, 0.3) is 0 Å². The van der Waals surface area contributed by atoms with Gasteiger partial charge in [0.1, 0.15) is 5.76 Å². The van der Waals surface area contributed by atoms with Crippen molar-refractivity contribution in [1.29, 1.82) is 0 Å². The maximum Gasteiger partial charge on any atom is 0.273 e. The van der Waals surface area contributed by atoms with Crippen LogP contribution in [0.15, 0.2) is 27.4 Å². The van der Waals surface area contributed by atoms with Crippen LogP contribution in [0, 0.1) is 5.92 Å². The highest BCUT2D eigenvalue weighted by Crippen LogP contribution is 2.40. The van der Waals surface area contributed by atoms with E-state index in [0.29, 0.717) is 17.5 Å². The second kappa shape index (κ2) is 5.92. The van der Waals surface area contributed by atoms with Gasteiger partial charge in [0.25, 0.3) is 5.91 Å². The third-order valence-corrected chi connectivity index (χ3v) is 4.85. The molecule has 6 heteroatoms. The Hall–Kier alpha value is -1.95. The van der Waals surface area contributed by atoms with Crippen molar-refractivity contribution in [3.8, 4) is 0 Å². The molecular weight excluding hydrogens is 292 g/mol. The van der Waals surface area contributed by atoms with Crippen LogP contribution >= 0.6 is 0 Å². The molecule has 1 N–H and O–H groups in total. The molecule has 3 heterocycles. The van der Waals surface area contributed by atoms with E-state index in [2.05, 4.69) is 33.4 Å². The molecule has 6 nitrogen and oxygen atoms in total. The van der Waals surface area contributed by atoms with Crippen LogP contribution in [0.2, 0.25) is 0 Å². The third kappa shape index (κ3) is 3.22. The Kier molecular flexibility index (Phi) is 3.77. The van der Waals surface area contributed by atoms with Crippen LogP contribution in [-0.4, -0.2) is 47.9 Å². The molecule has 0 spiro atoms. The van der Waals surface area contributed by atoms with Crippen LogP contribution in [0.3, 0.4) is 0 Å². The molecule has 2 aliphatic heterocycles. The van der Waals surface area contributed by atoms with Gasteiger partial charge in [-0.2, -0.15) is 0 Å². The highest BCUT2D eigenvalue weighted by molar-refractivity contribution is 5.92. The predicted octanol–water partition coefficient (Wildman–Crippen LogP) is 1.96. The number of hydrogen-bond acceptors (Lipinski definition) is 5. The smallest absolute Gasteiger partial charge is 0.273 e. The number of nitrogens with one attached hydrogen (secondary N) is 1. The molecule has 0 aromatic carbocycles. The molecule has 3 aliphatic rings. The number of aromatic nitrogens is 1. The summed E-state index contributed by atoms with van der Waals surface area (Å²) in [5.41, 5.74) is 1.54. The highest BCUT2D eigenvalue weighted by Gasteiger charge is 2.33. The Bertz CT molecular complexity index is 659. The molecule has 2 fully saturated rings. The van der Waals surface area contributed by atoms with Gasteiger partial charge >= 0.3 is 0 Å². The molecule has 122 valence electrons. The lowest BCUT2D eigenvalue weighted by atomic mass is 10.1. The van der Waals surface area contributed by atoms with Gasteiger partial charge in [-0.15, -0.1) is 0 Å². The van der Waals surface area contributed by atoms with Crippen LogP contribution in [0.5, 0.6) is 0 Å². The molecule has 1 saturated carbocycles. The van der Waals surface area contributed by atoms with Gasteiger partial charge in [-0.1, -0.05) is 18.2 Å². The molecule has 0 unspecified atom stereocenters. The minimum atomic E-state index is -0.127. The van der Waals surface area contributed by atoms with Crippen molar-refractivity contribution in [3.05, 3.63) is 29.3 Å². The summed E-state index contributed by atoms with van der Waals surface area (Å²) >= 11 is 0. The molecule has 0 radical (unpaired) electrons. The van der Waals surface area contributed by atoms with Crippen molar-refractivity contribution >= 4 is 12.1 Å². The van der Waals surface area contributed by atoms with Gasteiger partial charge in [0, 0.05) is 50.3 Å². The van der Waals surface area contributed by atoms with Crippen LogP contribution < -0.4 is 5.32 Å². The van der Waals surface area contributed by atoms with Crippen LogP contribution in [-0.2, 0) is 0 Å². The number of aliphatic imine (C=N–C) groups is 1. The van der Waals surface area contributed by atoms with E-state index in [1.165, 1.54) is 0 Å². The Morgan fingerprint density at radius 2 is 2.30 bits per heavy atom. The number of amides is 1. The van der Waals surface area contributed by atoms with Gasteiger partial charge in [0.15, 0.2) is 5.69 Å². The number of rotatable bonds is 5. The summed E-state index contributed by atoms with van der Waals surface area (Å²) in [7, 11) is 0. The SMILES string of the molecule is C[C@H]1CN(CC2=CCC=N2)C[C@H]1NC(=O)c1cc(C2CC2)on1. The zero-order valence-electron chi connectivity index (χ0n) is 13.4. The molecule has 1 saturated heterocycles. The fourth-order valence-electron chi connectivity index (χ4n) is 3.33. The number of carbonyl (C=O) groups is 1. The molecule has 4 rings (SSSR count). The van der Waals surface area contributed by atoms with Crippen LogP contribution in [0.4, 0.5) is 0 Å². The normalized spacial score (nSPS) is 27.4. The molecular formula is C17H22N4O2. The first-order valence-corrected chi connectivity index (χ1v) is 8.40. The first-order chi connectivity index (χ1) is 11.2. The summed E-state index contributed by atoms with van der Waals surface area (Å²) in [6.45, 7) is 4.87. The molecule has 2 atom stereocenters. The van der Waals surface area contributed by atoms with E-state index < -0.39 is 0 Å². The number of carbonyl (C=O) groups excluding carboxylic acids is 1. The van der Waals surface area contributed by atoms with E-state index in [0.717, 1.165) is 50.4 Å². The molecule has 1 amide bonds. The number of allylic oxidation sites excluding steroid dienone is 1. The van der Waals surface area contributed by atoms with Gasteiger partial charge in [-0.25, -0.2) is 0 Å².